The second kappa shape index (κ2) is 4.58. The van der Waals surface area contributed by atoms with Crippen molar-refractivity contribution < 1.29 is 9.90 Å². The molecular formula is C13H18O2S. The fourth-order valence-corrected chi connectivity index (χ4v) is 3.66. The number of carboxylic acids is 1. The zero-order valence-corrected chi connectivity index (χ0v) is 10.5. The lowest BCUT2D eigenvalue weighted by atomic mass is 9.82. The molecule has 2 nitrogen and oxygen atoms in total. The van der Waals surface area contributed by atoms with Gasteiger partial charge in [-0.1, -0.05) is 19.8 Å². The van der Waals surface area contributed by atoms with E-state index in [1.165, 1.54) is 9.75 Å². The molecule has 1 fully saturated rings. The summed E-state index contributed by atoms with van der Waals surface area (Å²) in [5.74, 6) is -0.601. The van der Waals surface area contributed by atoms with Gasteiger partial charge in [-0.3, -0.25) is 4.79 Å². The maximum Gasteiger partial charge on any atom is 0.309 e. The molecule has 0 saturated heterocycles. The van der Waals surface area contributed by atoms with Crippen LogP contribution in [-0.4, -0.2) is 11.1 Å². The van der Waals surface area contributed by atoms with Gasteiger partial charge in [0.15, 0.2) is 0 Å². The van der Waals surface area contributed by atoms with Crippen LogP contribution in [0.5, 0.6) is 0 Å². The largest absolute Gasteiger partial charge is 0.481 e. The van der Waals surface area contributed by atoms with Crippen LogP contribution in [0.1, 0.15) is 42.4 Å². The summed E-state index contributed by atoms with van der Waals surface area (Å²) in [6.45, 7) is 2.14. The van der Waals surface area contributed by atoms with E-state index in [4.69, 9.17) is 0 Å². The van der Waals surface area contributed by atoms with Crippen LogP contribution >= 0.6 is 11.3 Å². The molecule has 16 heavy (non-hydrogen) atoms. The summed E-state index contributed by atoms with van der Waals surface area (Å²) < 4.78 is 0. The van der Waals surface area contributed by atoms with E-state index >= 15 is 0 Å². The lowest BCUT2D eigenvalue weighted by molar-refractivity contribution is -0.148. The average Bonchev–Trinajstić information content (AvgIpc) is 2.88. The number of rotatable bonds is 4. The van der Waals surface area contributed by atoms with Crippen molar-refractivity contribution in [2.45, 2.75) is 45.4 Å². The molecule has 0 aromatic carbocycles. The van der Waals surface area contributed by atoms with E-state index < -0.39 is 11.4 Å². The molecule has 2 rings (SSSR count). The van der Waals surface area contributed by atoms with Gasteiger partial charge in [0.2, 0.25) is 0 Å². The Labute approximate surface area is 100 Å². The summed E-state index contributed by atoms with van der Waals surface area (Å²) >= 11 is 1.77. The lowest BCUT2D eigenvalue weighted by Gasteiger charge is -2.22. The zero-order chi connectivity index (χ0) is 11.6. The molecule has 0 radical (unpaired) electrons. The molecule has 0 aliphatic heterocycles. The molecule has 1 aromatic heterocycles. The molecule has 1 N–H and O–H groups in total. The highest BCUT2D eigenvalue weighted by molar-refractivity contribution is 7.12. The first kappa shape index (κ1) is 11.6. The van der Waals surface area contributed by atoms with E-state index in [9.17, 15) is 9.90 Å². The molecule has 0 amide bonds. The topological polar surface area (TPSA) is 37.3 Å². The highest BCUT2D eigenvalue weighted by atomic mass is 32.1. The third-order valence-corrected chi connectivity index (χ3v) is 4.82. The van der Waals surface area contributed by atoms with Crippen molar-refractivity contribution in [2.75, 3.05) is 0 Å². The van der Waals surface area contributed by atoms with Crippen LogP contribution < -0.4 is 0 Å². The summed E-state index contributed by atoms with van der Waals surface area (Å²) in [6, 6.07) is 4.23. The van der Waals surface area contributed by atoms with E-state index in [-0.39, 0.29) is 0 Å². The minimum Gasteiger partial charge on any atom is -0.481 e. The Morgan fingerprint density at radius 2 is 2.00 bits per heavy atom. The normalized spacial score (nSPS) is 18.8. The van der Waals surface area contributed by atoms with Crippen LogP contribution in [0.25, 0.3) is 0 Å². The van der Waals surface area contributed by atoms with Crippen LogP contribution in [0.2, 0.25) is 0 Å². The Morgan fingerprint density at radius 1 is 1.38 bits per heavy atom. The quantitative estimate of drug-likeness (QED) is 0.871. The molecule has 1 heterocycles. The van der Waals surface area contributed by atoms with Crippen molar-refractivity contribution >= 4 is 17.3 Å². The minimum absolute atomic E-state index is 0.462. The predicted octanol–water partition coefficient (Wildman–Crippen LogP) is 3.50. The van der Waals surface area contributed by atoms with Gasteiger partial charge >= 0.3 is 5.97 Å². The first-order valence-electron chi connectivity index (χ1n) is 5.97. The van der Waals surface area contributed by atoms with E-state index in [0.717, 1.165) is 38.5 Å². The molecule has 88 valence electrons. The molecule has 1 aliphatic carbocycles. The second-order valence-electron chi connectivity index (χ2n) is 4.69. The number of carboxylic acid groups (broad SMARTS) is 1. The maximum atomic E-state index is 11.4. The Bertz CT molecular complexity index is 375. The zero-order valence-electron chi connectivity index (χ0n) is 9.66. The molecule has 0 atom stereocenters. The second-order valence-corrected chi connectivity index (χ2v) is 5.94. The SMILES string of the molecule is CCc1ccc(CC2(C(=O)O)CCCC2)s1. The number of carbonyl (C=O) groups is 1. The monoisotopic (exact) mass is 238 g/mol. The molecule has 0 spiro atoms. The third kappa shape index (κ3) is 2.14. The molecule has 0 bridgehead atoms. The van der Waals surface area contributed by atoms with Crippen molar-refractivity contribution in [3.05, 3.63) is 21.9 Å². The van der Waals surface area contributed by atoms with Gasteiger partial charge in [-0.2, -0.15) is 0 Å². The minimum atomic E-state index is -0.601. The van der Waals surface area contributed by atoms with Gasteiger partial charge < -0.3 is 5.11 Å². The summed E-state index contributed by atoms with van der Waals surface area (Å²) in [5, 5.41) is 9.39. The first-order chi connectivity index (χ1) is 7.66. The number of hydrogen-bond acceptors (Lipinski definition) is 2. The van der Waals surface area contributed by atoms with Crippen molar-refractivity contribution in [1.29, 1.82) is 0 Å². The van der Waals surface area contributed by atoms with Crippen LogP contribution in [0, 0.1) is 5.41 Å². The van der Waals surface area contributed by atoms with Crippen molar-refractivity contribution in [1.82, 2.24) is 0 Å². The summed E-state index contributed by atoms with van der Waals surface area (Å²) in [5.41, 5.74) is -0.462. The molecule has 1 saturated carbocycles. The summed E-state index contributed by atoms with van der Waals surface area (Å²) in [4.78, 5) is 14.0. The van der Waals surface area contributed by atoms with Crippen LogP contribution in [-0.2, 0) is 17.6 Å². The van der Waals surface area contributed by atoms with Crippen LogP contribution in [0.15, 0.2) is 12.1 Å². The van der Waals surface area contributed by atoms with Crippen molar-refractivity contribution in [3.63, 3.8) is 0 Å². The number of aliphatic carboxylic acids is 1. The smallest absolute Gasteiger partial charge is 0.309 e. The Morgan fingerprint density at radius 3 is 2.50 bits per heavy atom. The molecule has 1 aliphatic rings. The van der Waals surface area contributed by atoms with Gasteiger partial charge in [-0.25, -0.2) is 0 Å². The lowest BCUT2D eigenvalue weighted by Crippen LogP contribution is -2.29. The maximum absolute atomic E-state index is 11.4. The fraction of sp³-hybridized carbons (Fsp3) is 0.615. The Kier molecular flexibility index (Phi) is 3.33. The van der Waals surface area contributed by atoms with Gasteiger partial charge in [0.1, 0.15) is 0 Å². The molecule has 1 aromatic rings. The van der Waals surface area contributed by atoms with Crippen LogP contribution in [0.4, 0.5) is 0 Å². The van der Waals surface area contributed by atoms with E-state index in [1.54, 1.807) is 11.3 Å². The molecule has 3 heteroatoms. The van der Waals surface area contributed by atoms with Gasteiger partial charge in [0.05, 0.1) is 5.41 Å². The predicted molar refractivity (Wildman–Crippen MR) is 65.9 cm³/mol. The summed E-state index contributed by atoms with van der Waals surface area (Å²) in [6.07, 6.45) is 5.61. The van der Waals surface area contributed by atoms with Crippen LogP contribution in [0.3, 0.4) is 0 Å². The highest BCUT2D eigenvalue weighted by Gasteiger charge is 2.41. The van der Waals surface area contributed by atoms with Crippen molar-refractivity contribution in [2.24, 2.45) is 5.41 Å². The third-order valence-electron chi connectivity index (χ3n) is 3.59. The first-order valence-corrected chi connectivity index (χ1v) is 6.79. The van der Waals surface area contributed by atoms with Gasteiger partial charge in [-0.05, 0) is 37.8 Å². The van der Waals surface area contributed by atoms with Crippen molar-refractivity contribution in [3.8, 4) is 0 Å². The highest BCUT2D eigenvalue weighted by Crippen LogP contribution is 2.42. The average molecular weight is 238 g/mol. The fourth-order valence-electron chi connectivity index (χ4n) is 2.56. The Balaban J connectivity index is 2.14. The number of hydrogen-bond donors (Lipinski definition) is 1. The molecular weight excluding hydrogens is 220 g/mol. The standard InChI is InChI=1S/C13H18O2S/c1-2-10-5-6-11(16-10)9-13(12(14)15)7-3-4-8-13/h5-6H,2-4,7-9H2,1H3,(H,14,15). The van der Waals surface area contributed by atoms with E-state index in [1.807, 2.05) is 0 Å². The van der Waals surface area contributed by atoms with Gasteiger partial charge in [0, 0.05) is 9.75 Å². The summed E-state index contributed by atoms with van der Waals surface area (Å²) in [7, 11) is 0. The van der Waals surface area contributed by atoms with Gasteiger partial charge in [0.25, 0.3) is 0 Å². The molecule has 0 unspecified atom stereocenters. The number of thiophene rings is 1. The van der Waals surface area contributed by atoms with E-state index in [0.29, 0.717) is 0 Å². The van der Waals surface area contributed by atoms with Gasteiger partial charge in [-0.15, -0.1) is 11.3 Å². The Hall–Kier alpha value is -0.830. The van der Waals surface area contributed by atoms with E-state index in [2.05, 4.69) is 19.1 Å². The number of aryl methyl sites for hydroxylation is 1.